The molecule has 168 valence electrons. The summed E-state index contributed by atoms with van der Waals surface area (Å²) in [6.07, 6.45) is 0. The van der Waals surface area contributed by atoms with Gasteiger partial charge in [0, 0.05) is 12.2 Å². The van der Waals surface area contributed by atoms with Crippen molar-refractivity contribution in [2.45, 2.75) is 45.4 Å². The predicted molar refractivity (Wildman–Crippen MR) is 123 cm³/mol. The fraction of sp³-hybridized carbons (Fsp3) is 0.304. The van der Waals surface area contributed by atoms with E-state index in [2.05, 4.69) is 20.8 Å². The Balaban J connectivity index is 1.64. The van der Waals surface area contributed by atoms with E-state index in [1.807, 2.05) is 43.5 Å². The molecule has 1 unspecified atom stereocenters. The highest BCUT2D eigenvalue weighted by Gasteiger charge is 2.21. The minimum atomic E-state index is -0.583. The molecule has 1 aromatic heterocycles. The summed E-state index contributed by atoms with van der Waals surface area (Å²) in [5.74, 6) is -0.549. The largest absolute Gasteiger partial charge is 0.342 e. The van der Waals surface area contributed by atoms with Crippen LogP contribution in [0, 0.1) is 19.7 Å². The molecular formula is C23H26FN5O2S. The fourth-order valence-corrected chi connectivity index (χ4v) is 4.19. The summed E-state index contributed by atoms with van der Waals surface area (Å²) >= 11 is 1.27. The number of nitrogens with one attached hydrogen (secondary N) is 2. The summed E-state index contributed by atoms with van der Waals surface area (Å²) < 4.78 is 15.7. The van der Waals surface area contributed by atoms with Crippen molar-refractivity contribution in [3.8, 4) is 0 Å². The Morgan fingerprint density at radius 2 is 1.81 bits per heavy atom. The second-order valence-corrected chi connectivity index (χ2v) is 8.42. The van der Waals surface area contributed by atoms with Gasteiger partial charge in [0.25, 0.3) is 5.91 Å². The molecule has 7 nitrogen and oxygen atoms in total. The van der Waals surface area contributed by atoms with Crippen LogP contribution in [0.1, 0.15) is 47.2 Å². The second kappa shape index (κ2) is 10.4. The highest BCUT2D eigenvalue weighted by atomic mass is 32.2. The van der Waals surface area contributed by atoms with Gasteiger partial charge in [-0.25, -0.2) is 4.39 Å². The maximum atomic E-state index is 13.9. The summed E-state index contributed by atoms with van der Waals surface area (Å²) in [7, 11) is 0. The second-order valence-electron chi connectivity index (χ2n) is 7.47. The van der Waals surface area contributed by atoms with E-state index in [-0.39, 0.29) is 17.2 Å². The molecule has 2 aromatic carbocycles. The maximum Gasteiger partial charge on any atom is 0.254 e. The summed E-state index contributed by atoms with van der Waals surface area (Å²) in [6.45, 7) is 8.21. The van der Waals surface area contributed by atoms with Crippen LogP contribution in [-0.2, 0) is 11.3 Å². The van der Waals surface area contributed by atoms with Crippen molar-refractivity contribution in [1.29, 1.82) is 0 Å². The zero-order valence-electron chi connectivity index (χ0n) is 18.5. The number of hydrogen-bond acceptors (Lipinski definition) is 5. The SMILES string of the molecule is CCn1c(SCC(=O)Nc2cc(C)cc(C)c2)nnc1C(C)NC(=O)c1ccccc1F. The average Bonchev–Trinajstić information content (AvgIpc) is 3.14. The minimum Gasteiger partial charge on any atom is -0.342 e. The van der Waals surface area contributed by atoms with Crippen molar-refractivity contribution in [2.75, 3.05) is 11.1 Å². The Labute approximate surface area is 190 Å². The van der Waals surface area contributed by atoms with Crippen molar-refractivity contribution in [3.05, 3.63) is 70.8 Å². The molecule has 0 radical (unpaired) electrons. The van der Waals surface area contributed by atoms with Crippen LogP contribution in [0.3, 0.4) is 0 Å². The molecule has 3 aromatic rings. The number of halogens is 1. The molecule has 9 heteroatoms. The van der Waals surface area contributed by atoms with Crippen molar-refractivity contribution in [1.82, 2.24) is 20.1 Å². The van der Waals surface area contributed by atoms with E-state index < -0.39 is 17.8 Å². The Morgan fingerprint density at radius 3 is 2.47 bits per heavy atom. The van der Waals surface area contributed by atoms with Gasteiger partial charge in [-0.2, -0.15) is 0 Å². The molecule has 0 saturated carbocycles. The number of aromatic nitrogens is 3. The number of hydrogen-bond donors (Lipinski definition) is 2. The quantitative estimate of drug-likeness (QED) is 0.495. The number of amides is 2. The molecule has 0 saturated heterocycles. The molecule has 0 bridgehead atoms. The topological polar surface area (TPSA) is 88.9 Å². The molecule has 0 aliphatic rings. The van der Waals surface area contributed by atoms with Gasteiger partial charge in [0.2, 0.25) is 5.91 Å². The zero-order chi connectivity index (χ0) is 23.3. The van der Waals surface area contributed by atoms with Crippen molar-refractivity contribution >= 4 is 29.3 Å². The Hall–Kier alpha value is -3.20. The first-order valence-corrected chi connectivity index (χ1v) is 11.3. The summed E-state index contributed by atoms with van der Waals surface area (Å²) in [4.78, 5) is 24.8. The van der Waals surface area contributed by atoms with Crippen LogP contribution in [0.2, 0.25) is 0 Å². The van der Waals surface area contributed by atoms with Crippen molar-refractivity contribution in [2.24, 2.45) is 0 Å². The Bertz CT molecular complexity index is 1110. The monoisotopic (exact) mass is 455 g/mol. The highest BCUT2D eigenvalue weighted by molar-refractivity contribution is 7.99. The van der Waals surface area contributed by atoms with Gasteiger partial charge in [0.15, 0.2) is 11.0 Å². The molecule has 3 rings (SSSR count). The third-order valence-electron chi connectivity index (χ3n) is 4.75. The van der Waals surface area contributed by atoms with Gasteiger partial charge in [-0.15, -0.1) is 10.2 Å². The van der Waals surface area contributed by atoms with Crippen LogP contribution < -0.4 is 10.6 Å². The number of rotatable bonds is 8. The smallest absolute Gasteiger partial charge is 0.254 e. The number of anilines is 1. The lowest BCUT2D eigenvalue weighted by molar-refractivity contribution is -0.113. The van der Waals surface area contributed by atoms with E-state index in [0.29, 0.717) is 17.5 Å². The summed E-state index contributed by atoms with van der Waals surface area (Å²) in [6, 6.07) is 11.2. The maximum absolute atomic E-state index is 13.9. The van der Waals surface area contributed by atoms with Crippen LogP contribution in [0.25, 0.3) is 0 Å². The molecule has 1 heterocycles. The van der Waals surface area contributed by atoms with E-state index in [1.54, 1.807) is 13.0 Å². The van der Waals surface area contributed by atoms with E-state index in [9.17, 15) is 14.0 Å². The molecule has 2 N–H and O–H groups in total. The number of thioether (sulfide) groups is 1. The van der Waals surface area contributed by atoms with Gasteiger partial charge in [-0.05, 0) is 63.1 Å². The lowest BCUT2D eigenvalue weighted by Gasteiger charge is -2.15. The van der Waals surface area contributed by atoms with E-state index in [1.165, 1.54) is 30.0 Å². The highest BCUT2D eigenvalue weighted by Crippen LogP contribution is 2.22. The van der Waals surface area contributed by atoms with Crippen LogP contribution in [0.15, 0.2) is 47.6 Å². The van der Waals surface area contributed by atoms with Crippen LogP contribution >= 0.6 is 11.8 Å². The van der Waals surface area contributed by atoms with Gasteiger partial charge < -0.3 is 15.2 Å². The summed E-state index contributed by atoms with van der Waals surface area (Å²) in [5, 5.41) is 14.6. The molecule has 32 heavy (non-hydrogen) atoms. The van der Waals surface area contributed by atoms with E-state index in [4.69, 9.17) is 0 Å². The van der Waals surface area contributed by atoms with E-state index in [0.717, 1.165) is 16.8 Å². The van der Waals surface area contributed by atoms with Gasteiger partial charge in [0.1, 0.15) is 5.82 Å². The predicted octanol–water partition coefficient (Wildman–Crippen LogP) is 4.28. The fourth-order valence-electron chi connectivity index (χ4n) is 3.38. The van der Waals surface area contributed by atoms with Crippen molar-refractivity contribution < 1.29 is 14.0 Å². The standard InChI is InChI=1S/C23H26FN5O2S/c1-5-29-21(16(4)25-22(31)18-8-6-7-9-19(18)24)27-28-23(29)32-13-20(30)26-17-11-14(2)10-15(3)12-17/h6-12,16H,5,13H2,1-4H3,(H,25,31)(H,26,30). The number of aryl methyl sites for hydroxylation is 2. The van der Waals surface area contributed by atoms with Gasteiger partial charge in [-0.1, -0.05) is 30.0 Å². The van der Waals surface area contributed by atoms with Crippen LogP contribution in [0.4, 0.5) is 10.1 Å². The third kappa shape index (κ3) is 5.73. The molecule has 0 fully saturated rings. The Morgan fingerprint density at radius 1 is 1.12 bits per heavy atom. The first kappa shape index (κ1) is 23.5. The number of carbonyl (C=O) groups excluding carboxylic acids is 2. The normalized spacial score (nSPS) is 11.8. The minimum absolute atomic E-state index is 0.0282. The average molecular weight is 456 g/mol. The molecular weight excluding hydrogens is 429 g/mol. The first-order chi connectivity index (χ1) is 15.3. The number of benzene rings is 2. The lowest BCUT2D eigenvalue weighted by atomic mass is 10.1. The molecule has 2 amide bonds. The van der Waals surface area contributed by atoms with Gasteiger partial charge in [-0.3, -0.25) is 9.59 Å². The number of carbonyl (C=O) groups is 2. The third-order valence-corrected chi connectivity index (χ3v) is 5.72. The zero-order valence-corrected chi connectivity index (χ0v) is 19.3. The Kier molecular flexibility index (Phi) is 7.63. The number of nitrogens with zero attached hydrogens (tertiary/aromatic N) is 3. The summed E-state index contributed by atoms with van der Waals surface area (Å²) in [5.41, 5.74) is 2.89. The van der Waals surface area contributed by atoms with Gasteiger partial charge >= 0.3 is 0 Å². The first-order valence-electron chi connectivity index (χ1n) is 10.3. The van der Waals surface area contributed by atoms with Gasteiger partial charge in [0.05, 0.1) is 17.4 Å². The van der Waals surface area contributed by atoms with E-state index >= 15 is 0 Å². The molecule has 0 aliphatic carbocycles. The van der Waals surface area contributed by atoms with Crippen molar-refractivity contribution in [3.63, 3.8) is 0 Å². The molecule has 0 spiro atoms. The van der Waals surface area contributed by atoms with Crippen LogP contribution in [-0.4, -0.2) is 32.3 Å². The molecule has 1 atom stereocenters. The van der Waals surface area contributed by atoms with Crippen LogP contribution in [0.5, 0.6) is 0 Å². The lowest BCUT2D eigenvalue weighted by Crippen LogP contribution is -2.29. The molecule has 0 aliphatic heterocycles.